The molecule has 0 bridgehead atoms. The van der Waals surface area contributed by atoms with E-state index in [9.17, 15) is 9.59 Å². The predicted octanol–water partition coefficient (Wildman–Crippen LogP) is 2.32. The van der Waals surface area contributed by atoms with Gasteiger partial charge in [0.2, 0.25) is 5.91 Å². The molecule has 1 atom stereocenters. The maximum absolute atomic E-state index is 12.2. The highest BCUT2D eigenvalue weighted by atomic mass is 16.2. The minimum atomic E-state index is -0.0917. The number of hydrogen-bond donors (Lipinski definition) is 2. The zero-order valence-electron chi connectivity index (χ0n) is 12.0. The van der Waals surface area contributed by atoms with Gasteiger partial charge < -0.3 is 10.6 Å². The Kier molecular flexibility index (Phi) is 5.70. The average Bonchev–Trinajstić information content (AvgIpc) is 2.35. The van der Waals surface area contributed by atoms with Crippen molar-refractivity contribution in [3.63, 3.8) is 0 Å². The van der Waals surface area contributed by atoms with E-state index in [1.165, 1.54) is 6.92 Å². The number of carbonyl (C=O) groups is 2. The Hall–Kier alpha value is -1.68. The molecule has 0 radical (unpaired) electrons. The molecule has 104 valence electrons. The fraction of sp³-hybridized carbons (Fsp3) is 0.467. The molecule has 0 spiro atoms. The first-order valence-electron chi connectivity index (χ1n) is 6.52. The quantitative estimate of drug-likeness (QED) is 0.773. The van der Waals surface area contributed by atoms with Crippen LogP contribution in [0.2, 0.25) is 0 Å². The van der Waals surface area contributed by atoms with Crippen LogP contribution in [-0.4, -0.2) is 25.3 Å². The van der Waals surface area contributed by atoms with Crippen LogP contribution >= 0.6 is 0 Å². The summed E-state index contributed by atoms with van der Waals surface area (Å²) in [6, 6.07) is 7.01. The molecule has 0 aliphatic carbocycles. The number of anilines is 1. The van der Waals surface area contributed by atoms with Crippen molar-refractivity contribution in [2.45, 2.75) is 20.8 Å². The van der Waals surface area contributed by atoms with Crippen LogP contribution in [-0.2, 0) is 4.79 Å². The van der Waals surface area contributed by atoms with Gasteiger partial charge in [-0.1, -0.05) is 26.0 Å². The molecule has 0 aliphatic heterocycles. The Morgan fingerprint density at radius 1 is 1.26 bits per heavy atom. The van der Waals surface area contributed by atoms with E-state index < -0.39 is 0 Å². The summed E-state index contributed by atoms with van der Waals surface area (Å²) in [5, 5.41) is 5.90. The Balaban J connectivity index is 2.80. The number of benzene rings is 1. The van der Waals surface area contributed by atoms with Crippen LogP contribution in [0.25, 0.3) is 0 Å². The van der Waals surface area contributed by atoms with Crippen LogP contribution in [0, 0.1) is 11.8 Å². The maximum atomic E-state index is 12.2. The summed E-state index contributed by atoms with van der Waals surface area (Å²) in [5.74, 6) is 0.131. The summed E-state index contributed by atoms with van der Waals surface area (Å²) < 4.78 is 0. The molecule has 0 aromatic heterocycles. The first-order valence-corrected chi connectivity index (χ1v) is 6.52. The lowest BCUT2D eigenvalue weighted by Gasteiger charge is -2.20. The molecule has 0 fully saturated rings. The second-order valence-corrected chi connectivity index (χ2v) is 5.03. The van der Waals surface area contributed by atoms with Gasteiger partial charge in [-0.25, -0.2) is 0 Å². The number of nitrogens with one attached hydrogen (secondary N) is 2. The summed E-state index contributed by atoms with van der Waals surface area (Å²) in [4.78, 5) is 23.5. The van der Waals surface area contributed by atoms with E-state index in [4.69, 9.17) is 0 Å². The minimum absolute atomic E-state index is 0.00765. The van der Waals surface area contributed by atoms with Crippen LogP contribution in [0.4, 0.5) is 5.69 Å². The molecular formula is C15H22N2O2. The van der Waals surface area contributed by atoms with Crippen molar-refractivity contribution >= 4 is 17.4 Å². The Morgan fingerprint density at radius 3 is 2.47 bits per heavy atom. The summed E-state index contributed by atoms with van der Waals surface area (Å²) in [6.07, 6.45) is 0. The van der Waals surface area contributed by atoms with Gasteiger partial charge in [0.15, 0.2) is 5.78 Å². The van der Waals surface area contributed by atoms with Crippen LogP contribution in [0.3, 0.4) is 0 Å². The lowest BCUT2D eigenvalue weighted by Crippen LogP contribution is -2.34. The Bertz CT molecular complexity index is 455. The highest BCUT2D eigenvalue weighted by Gasteiger charge is 2.21. The van der Waals surface area contributed by atoms with Gasteiger partial charge in [0.1, 0.15) is 0 Å². The first kappa shape index (κ1) is 15.4. The highest BCUT2D eigenvalue weighted by Crippen LogP contribution is 2.16. The predicted molar refractivity (Wildman–Crippen MR) is 77.3 cm³/mol. The van der Waals surface area contributed by atoms with Crippen LogP contribution < -0.4 is 10.6 Å². The molecule has 0 saturated heterocycles. The molecule has 1 amide bonds. The summed E-state index contributed by atoms with van der Waals surface area (Å²) in [7, 11) is 1.83. The molecule has 0 saturated carbocycles. The van der Waals surface area contributed by atoms with Gasteiger partial charge in [0, 0.05) is 17.8 Å². The van der Waals surface area contributed by atoms with E-state index in [1.54, 1.807) is 24.3 Å². The lowest BCUT2D eigenvalue weighted by atomic mass is 9.94. The number of Topliss-reactive ketones (excluding diaryl/α,β-unsaturated/α-hetero) is 1. The molecular weight excluding hydrogens is 240 g/mol. The third-order valence-electron chi connectivity index (χ3n) is 3.10. The second-order valence-electron chi connectivity index (χ2n) is 5.03. The molecule has 1 aromatic carbocycles. The minimum Gasteiger partial charge on any atom is -0.326 e. The van der Waals surface area contributed by atoms with Crippen LogP contribution in [0.15, 0.2) is 24.3 Å². The fourth-order valence-corrected chi connectivity index (χ4v) is 1.90. The molecule has 19 heavy (non-hydrogen) atoms. The number of carbonyl (C=O) groups excluding carboxylic acids is 2. The van der Waals surface area contributed by atoms with Crippen molar-refractivity contribution in [1.29, 1.82) is 0 Å². The van der Waals surface area contributed by atoms with Gasteiger partial charge in [-0.05, 0) is 32.0 Å². The molecule has 0 aliphatic rings. The second kappa shape index (κ2) is 7.04. The SMILES string of the molecule is CNCC(C(=O)Nc1cccc(C(C)=O)c1)C(C)C. The normalized spacial score (nSPS) is 12.3. The average molecular weight is 262 g/mol. The van der Waals surface area contributed by atoms with Gasteiger partial charge in [-0.15, -0.1) is 0 Å². The summed E-state index contributed by atoms with van der Waals surface area (Å²) >= 11 is 0. The number of amides is 1. The first-order chi connectivity index (χ1) is 8.95. The molecule has 1 rings (SSSR count). The van der Waals surface area contributed by atoms with Gasteiger partial charge in [0.25, 0.3) is 0 Å². The number of rotatable bonds is 6. The van der Waals surface area contributed by atoms with Crippen molar-refractivity contribution in [1.82, 2.24) is 5.32 Å². The molecule has 4 heteroatoms. The van der Waals surface area contributed by atoms with Crippen molar-refractivity contribution in [2.24, 2.45) is 11.8 Å². The monoisotopic (exact) mass is 262 g/mol. The zero-order chi connectivity index (χ0) is 14.4. The van der Waals surface area contributed by atoms with E-state index in [2.05, 4.69) is 10.6 Å². The van der Waals surface area contributed by atoms with E-state index in [0.29, 0.717) is 17.8 Å². The Labute approximate surface area is 114 Å². The van der Waals surface area contributed by atoms with Crippen molar-refractivity contribution < 1.29 is 9.59 Å². The number of ketones is 1. The smallest absolute Gasteiger partial charge is 0.229 e. The van der Waals surface area contributed by atoms with E-state index in [0.717, 1.165) is 0 Å². The van der Waals surface area contributed by atoms with Crippen molar-refractivity contribution in [3.05, 3.63) is 29.8 Å². The van der Waals surface area contributed by atoms with Gasteiger partial charge in [-0.2, -0.15) is 0 Å². The van der Waals surface area contributed by atoms with Crippen LogP contribution in [0.1, 0.15) is 31.1 Å². The molecule has 4 nitrogen and oxygen atoms in total. The van der Waals surface area contributed by atoms with E-state index in [1.807, 2.05) is 20.9 Å². The standard InChI is InChI=1S/C15H22N2O2/c1-10(2)14(9-16-4)15(19)17-13-7-5-6-12(8-13)11(3)18/h5-8,10,14,16H,9H2,1-4H3,(H,17,19). The largest absolute Gasteiger partial charge is 0.326 e. The summed E-state index contributed by atoms with van der Waals surface area (Å²) in [6.45, 7) is 6.19. The van der Waals surface area contributed by atoms with E-state index in [-0.39, 0.29) is 23.5 Å². The van der Waals surface area contributed by atoms with Crippen LogP contribution in [0.5, 0.6) is 0 Å². The molecule has 2 N–H and O–H groups in total. The lowest BCUT2D eigenvalue weighted by molar-refractivity contribution is -0.120. The van der Waals surface area contributed by atoms with Crippen molar-refractivity contribution in [2.75, 3.05) is 18.9 Å². The van der Waals surface area contributed by atoms with Gasteiger partial charge in [-0.3, -0.25) is 9.59 Å². The molecule has 1 aromatic rings. The third-order valence-corrected chi connectivity index (χ3v) is 3.10. The third kappa shape index (κ3) is 4.48. The van der Waals surface area contributed by atoms with E-state index >= 15 is 0 Å². The maximum Gasteiger partial charge on any atom is 0.229 e. The Morgan fingerprint density at radius 2 is 1.95 bits per heavy atom. The highest BCUT2D eigenvalue weighted by molar-refractivity contribution is 5.97. The van der Waals surface area contributed by atoms with Gasteiger partial charge in [0.05, 0.1) is 5.92 Å². The number of hydrogen-bond acceptors (Lipinski definition) is 3. The summed E-state index contributed by atoms with van der Waals surface area (Å²) in [5.41, 5.74) is 1.27. The fourth-order valence-electron chi connectivity index (χ4n) is 1.90. The zero-order valence-corrected chi connectivity index (χ0v) is 12.0. The molecule has 0 heterocycles. The van der Waals surface area contributed by atoms with Gasteiger partial charge >= 0.3 is 0 Å². The molecule has 1 unspecified atom stereocenters. The topological polar surface area (TPSA) is 58.2 Å². The van der Waals surface area contributed by atoms with Crippen molar-refractivity contribution in [3.8, 4) is 0 Å².